The van der Waals surface area contributed by atoms with Crippen molar-refractivity contribution in [1.82, 2.24) is 19.7 Å². The molecule has 3 aliphatic rings. The number of nitrogens with zero attached hydrogens (tertiary/aromatic N) is 3. The molecule has 2 saturated heterocycles. The van der Waals surface area contributed by atoms with E-state index in [1.807, 2.05) is 22.8 Å². The van der Waals surface area contributed by atoms with Crippen LogP contribution < -0.4 is 15.5 Å². The van der Waals surface area contributed by atoms with Crippen LogP contribution in [0.2, 0.25) is 5.02 Å². The molecule has 1 unspecified atom stereocenters. The van der Waals surface area contributed by atoms with Crippen molar-refractivity contribution in [3.05, 3.63) is 74.5 Å². The SMILES string of the molecule is O=C(NCc1ccc(Cl)cc1)c1cn2c3c(cc(CN4CCOCC4)cc3c1=O)OC(CN1CCOCC1)C2. The van der Waals surface area contributed by atoms with Crippen molar-refractivity contribution < 1.29 is 19.0 Å². The number of aromatic nitrogens is 1. The van der Waals surface area contributed by atoms with Crippen LogP contribution in [0.4, 0.5) is 0 Å². The molecule has 2 fully saturated rings. The zero-order valence-corrected chi connectivity index (χ0v) is 22.6. The Labute approximate surface area is 232 Å². The average molecular weight is 553 g/mol. The monoisotopic (exact) mass is 552 g/mol. The molecule has 206 valence electrons. The second-order valence-corrected chi connectivity index (χ2v) is 10.8. The first-order valence-corrected chi connectivity index (χ1v) is 13.9. The maximum atomic E-state index is 13.7. The van der Waals surface area contributed by atoms with Gasteiger partial charge in [0.2, 0.25) is 5.43 Å². The van der Waals surface area contributed by atoms with E-state index in [1.54, 1.807) is 18.3 Å². The van der Waals surface area contributed by atoms with Crippen LogP contribution in [-0.2, 0) is 29.1 Å². The van der Waals surface area contributed by atoms with Crippen molar-refractivity contribution in [2.24, 2.45) is 0 Å². The summed E-state index contributed by atoms with van der Waals surface area (Å²) < 4.78 is 19.5. The van der Waals surface area contributed by atoms with E-state index in [4.69, 9.17) is 25.8 Å². The lowest BCUT2D eigenvalue weighted by atomic mass is 10.0. The van der Waals surface area contributed by atoms with Gasteiger partial charge in [0.25, 0.3) is 5.91 Å². The molecule has 0 saturated carbocycles. The third-order valence-corrected chi connectivity index (χ3v) is 7.83. The van der Waals surface area contributed by atoms with E-state index in [0.717, 1.165) is 49.4 Å². The Kier molecular flexibility index (Phi) is 7.85. The van der Waals surface area contributed by atoms with Crippen LogP contribution in [0.1, 0.15) is 21.5 Å². The standard InChI is InChI=1S/C29H33ClN4O5/c30-22-3-1-20(2-4-22)15-31-29(36)25-19-34-18-23(17-33-7-11-38-12-8-33)39-26-14-21(13-24(27(26)34)28(25)35)16-32-5-9-37-10-6-32/h1-4,13-14,19,23H,5-12,15-18H2,(H,31,36). The normalized spacial score (nSPS) is 20.1. The summed E-state index contributed by atoms with van der Waals surface area (Å²) in [6, 6.07) is 11.3. The first kappa shape index (κ1) is 26.3. The Morgan fingerprint density at radius 1 is 0.949 bits per heavy atom. The molecule has 39 heavy (non-hydrogen) atoms. The van der Waals surface area contributed by atoms with E-state index >= 15 is 0 Å². The zero-order chi connectivity index (χ0) is 26.8. The number of amides is 1. The van der Waals surface area contributed by atoms with Gasteiger partial charge in [-0.3, -0.25) is 19.4 Å². The molecule has 0 radical (unpaired) electrons. The minimum absolute atomic E-state index is 0.107. The van der Waals surface area contributed by atoms with Gasteiger partial charge in [-0.15, -0.1) is 0 Å². The molecule has 0 bridgehead atoms. The van der Waals surface area contributed by atoms with Gasteiger partial charge in [-0.2, -0.15) is 0 Å². The van der Waals surface area contributed by atoms with Gasteiger partial charge in [-0.1, -0.05) is 23.7 Å². The minimum Gasteiger partial charge on any atom is -0.485 e. The van der Waals surface area contributed by atoms with Crippen LogP contribution in [0.5, 0.6) is 5.75 Å². The van der Waals surface area contributed by atoms with Crippen LogP contribution in [0.25, 0.3) is 10.9 Å². The predicted octanol–water partition coefficient (Wildman–Crippen LogP) is 2.51. The summed E-state index contributed by atoms with van der Waals surface area (Å²) in [7, 11) is 0. The molecule has 1 amide bonds. The number of hydrogen-bond acceptors (Lipinski definition) is 7. The highest BCUT2D eigenvalue weighted by Crippen LogP contribution is 2.32. The Morgan fingerprint density at radius 2 is 1.64 bits per heavy atom. The van der Waals surface area contributed by atoms with Crippen molar-refractivity contribution in [1.29, 1.82) is 0 Å². The Bertz CT molecular complexity index is 1400. The lowest BCUT2D eigenvalue weighted by Crippen LogP contribution is -2.45. The van der Waals surface area contributed by atoms with Gasteiger partial charge in [-0.05, 0) is 35.4 Å². The Hall–Kier alpha value is -2.95. The third-order valence-electron chi connectivity index (χ3n) is 7.58. The second-order valence-electron chi connectivity index (χ2n) is 10.4. The average Bonchev–Trinajstić information content (AvgIpc) is 2.95. The summed E-state index contributed by atoms with van der Waals surface area (Å²) in [6.45, 7) is 8.53. The minimum atomic E-state index is -0.392. The van der Waals surface area contributed by atoms with Crippen LogP contribution in [-0.4, -0.2) is 85.5 Å². The van der Waals surface area contributed by atoms with E-state index in [1.165, 1.54) is 0 Å². The molecule has 1 atom stereocenters. The summed E-state index contributed by atoms with van der Waals surface area (Å²) in [5.41, 5.74) is 2.50. The molecule has 1 N–H and O–H groups in total. The van der Waals surface area contributed by atoms with Crippen LogP contribution >= 0.6 is 11.6 Å². The van der Waals surface area contributed by atoms with E-state index in [2.05, 4.69) is 21.2 Å². The molecule has 4 heterocycles. The molecule has 9 nitrogen and oxygen atoms in total. The van der Waals surface area contributed by atoms with E-state index in [0.29, 0.717) is 62.2 Å². The van der Waals surface area contributed by atoms with Gasteiger partial charge in [0, 0.05) is 57.0 Å². The molecule has 2 aromatic carbocycles. The summed E-state index contributed by atoms with van der Waals surface area (Å²) in [5, 5.41) is 4.06. The number of morpholine rings is 2. The highest BCUT2D eigenvalue weighted by molar-refractivity contribution is 6.30. The Morgan fingerprint density at radius 3 is 2.36 bits per heavy atom. The van der Waals surface area contributed by atoms with Gasteiger partial charge in [-0.25, -0.2) is 0 Å². The maximum Gasteiger partial charge on any atom is 0.257 e. The summed E-state index contributed by atoms with van der Waals surface area (Å²) >= 11 is 5.99. The lowest BCUT2D eigenvalue weighted by Gasteiger charge is -2.34. The van der Waals surface area contributed by atoms with E-state index in [9.17, 15) is 9.59 Å². The summed E-state index contributed by atoms with van der Waals surface area (Å²) in [5.74, 6) is 0.308. The number of pyridine rings is 1. The fourth-order valence-corrected chi connectivity index (χ4v) is 5.67. The largest absolute Gasteiger partial charge is 0.485 e. The number of nitrogens with one attached hydrogen (secondary N) is 1. The van der Waals surface area contributed by atoms with Gasteiger partial charge in [0.1, 0.15) is 17.4 Å². The van der Waals surface area contributed by atoms with Gasteiger partial charge in [0.05, 0.1) is 43.9 Å². The smallest absolute Gasteiger partial charge is 0.257 e. The van der Waals surface area contributed by atoms with E-state index in [-0.39, 0.29) is 17.1 Å². The quantitative estimate of drug-likeness (QED) is 0.482. The fourth-order valence-electron chi connectivity index (χ4n) is 5.55. The molecule has 0 spiro atoms. The van der Waals surface area contributed by atoms with Crippen LogP contribution in [0, 0.1) is 0 Å². The molecule has 3 aromatic rings. The van der Waals surface area contributed by atoms with Gasteiger partial charge in [0.15, 0.2) is 0 Å². The topological polar surface area (TPSA) is 85.3 Å². The van der Waals surface area contributed by atoms with Crippen molar-refractivity contribution in [2.75, 3.05) is 59.2 Å². The van der Waals surface area contributed by atoms with Crippen LogP contribution in [0.15, 0.2) is 47.4 Å². The maximum absolute atomic E-state index is 13.7. The number of hydrogen-bond donors (Lipinski definition) is 1. The second kappa shape index (κ2) is 11.7. The molecule has 1 aromatic heterocycles. The molecular weight excluding hydrogens is 520 g/mol. The van der Waals surface area contributed by atoms with Gasteiger partial charge < -0.3 is 24.1 Å². The first-order chi connectivity index (χ1) is 19.0. The highest BCUT2D eigenvalue weighted by Gasteiger charge is 2.28. The number of carbonyl (C=O) groups is 1. The van der Waals surface area contributed by atoms with Crippen molar-refractivity contribution in [3.63, 3.8) is 0 Å². The molecule has 6 rings (SSSR count). The molecule has 3 aliphatic heterocycles. The Balaban J connectivity index is 1.32. The predicted molar refractivity (Wildman–Crippen MR) is 149 cm³/mol. The number of carbonyl (C=O) groups excluding carboxylic acids is 1. The number of ether oxygens (including phenoxy) is 3. The number of rotatable bonds is 7. The highest BCUT2D eigenvalue weighted by atomic mass is 35.5. The first-order valence-electron chi connectivity index (χ1n) is 13.5. The molecule has 0 aliphatic carbocycles. The number of benzene rings is 2. The van der Waals surface area contributed by atoms with Crippen LogP contribution in [0.3, 0.4) is 0 Å². The molecule has 10 heteroatoms. The van der Waals surface area contributed by atoms with Crippen molar-refractivity contribution in [2.45, 2.75) is 25.7 Å². The molecular formula is C29H33ClN4O5. The lowest BCUT2D eigenvalue weighted by molar-refractivity contribution is 0.0153. The number of halogens is 1. The van der Waals surface area contributed by atoms with Gasteiger partial charge >= 0.3 is 0 Å². The zero-order valence-electron chi connectivity index (χ0n) is 21.9. The van der Waals surface area contributed by atoms with E-state index < -0.39 is 5.91 Å². The van der Waals surface area contributed by atoms with Crippen molar-refractivity contribution >= 4 is 28.4 Å². The fraction of sp³-hybridized carbons (Fsp3) is 0.448. The third kappa shape index (κ3) is 5.97. The summed E-state index contributed by atoms with van der Waals surface area (Å²) in [4.78, 5) is 31.7. The van der Waals surface area contributed by atoms with Crippen molar-refractivity contribution in [3.8, 4) is 5.75 Å². The summed E-state index contributed by atoms with van der Waals surface area (Å²) in [6.07, 6.45) is 1.59.